The zero-order valence-electron chi connectivity index (χ0n) is 9.96. The second-order valence-electron chi connectivity index (χ2n) is 4.60. The number of hydrogen-bond donors (Lipinski definition) is 1. The number of nitrogens with two attached hydrogens (primary N) is 1. The standard InChI is InChI=1S/C12H22Cl2N2/c1-2-7-16(9-10(14)8-13)12-5-3-11(15)4-6-12/h8,11-12H,2-7,9,15H2,1H3. The lowest BCUT2D eigenvalue weighted by Crippen LogP contribution is -2.41. The Morgan fingerprint density at radius 3 is 2.50 bits per heavy atom. The van der Waals surface area contributed by atoms with Crippen molar-refractivity contribution < 1.29 is 0 Å². The van der Waals surface area contributed by atoms with Crippen LogP contribution in [0.25, 0.3) is 0 Å². The molecule has 0 radical (unpaired) electrons. The molecule has 0 aromatic rings. The summed E-state index contributed by atoms with van der Waals surface area (Å²) in [5, 5.41) is 0.727. The fourth-order valence-electron chi connectivity index (χ4n) is 2.37. The summed E-state index contributed by atoms with van der Waals surface area (Å²) in [6.45, 7) is 4.06. The van der Waals surface area contributed by atoms with Crippen LogP contribution in [-0.4, -0.2) is 30.1 Å². The first-order chi connectivity index (χ1) is 7.67. The molecule has 2 nitrogen and oxygen atoms in total. The van der Waals surface area contributed by atoms with Crippen molar-refractivity contribution in [3.05, 3.63) is 10.6 Å². The SMILES string of the molecule is CCCN(CC(Cl)=CCl)C1CCC(N)CC1. The van der Waals surface area contributed by atoms with Crippen molar-refractivity contribution >= 4 is 23.2 Å². The van der Waals surface area contributed by atoms with Gasteiger partial charge in [-0.25, -0.2) is 0 Å². The first-order valence-electron chi connectivity index (χ1n) is 6.11. The number of halogens is 2. The Balaban J connectivity index is 2.48. The van der Waals surface area contributed by atoms with Gasteiger partial charge in [0.05, 0.1) is 0 Å². The summed E-state index contributed by atoms with van der Waals surface area (Å²) in [5.41, 5.74) is 7.39. The van der Waals surface area contributed by atoms with Crippen LogP contribution in [0.4, 0.5) is 0 Å². The van der Waals surface area contributed by atoms with Crippen LogP contribution in [0.2, 0.25) is 0 Å². The summed E-state index contributed by atoms with van der Waals surface area (Å²) >= 11 is 11.6. The van der Waals surface area contributed by atoms with Crippen molar-refractivity contribution in [2.24, 2.45) is 5.73 Å². The van der Waals surface area contributed by atoms with Crippen molar-refractivity contribution in [3.8, 4) is 0 Å². The van der Waals surface area contributed by atoms with Gasteiger partial charge in [-0.3, -0.25) is 4.90 Å². The Kier molecular flexibility index (Phi) is 6.74. The molecular formula is C12H22Cl2N2. The van der Waals surface area contributed by atoms with Gasteiger partial charge < -0.3 is 5.73 Å². The minimum atomic E-state index is 0.402. The highest BCUT2D eigenvalue weighted by Crippen LogP contribution is 2.23. The summed E-state index contributed by atoms with van der Waals surface area (Å²) in [6.07, 6.45) is 5.79. The predicted octanol–water partition coefficient (Wildman–Crippen LogP) is 3.29. The van der Waals surface area contributed by atoms with E-state index in [1.54, 1.807) is 0 Å². The molecule has 0 aromatic carbocycles. The summed E-state index contributed by atoms with van der Waals surface area (Å²) in [4.78, 5) is 2.44. The van der Waals surface area contributed by atoms with Crippen LogP contribution in [0.3, 0.4) is 0 Å². The highest BCUT2D eigenvalue weighted by Gasteiger charge is 2.23. The van der Waals surface area contributed by atoms with Crippen LogP contribution < -0.4 is 5.73 Å². The molecule has 0 heterocycles. The van der Waals surface area contributed by atoms with Gasteiger partial charge in [0.1, 0.15) is 0 Å². The van der Waals surface area contributed by atoms with E-state index < -0.39 is 0 Å². The molecule has 0 saturated heterocycles. The van der Waals surface area contributed by atoms with Crippen LogP contribution in [0.5, 0.6) is 0 Å². The van der Waals surface area contributed by atoms with E-state index in [0.29, 0.717) is 12.1 Å². The normalized spacial score (nSPS) is 27.4. The van der Waals surface area contributed by atoms with Crippen molar-refractivity contribution in [1.82, 2.24) is 4.90 Å². The summed E-state index contributed by atoms with van der Waals surface area (Å²) in [5.74, 6) is 0. The first-order valence-corrected chi connectivity index (χ1v) is 6.93. The third kappa shape index (κ3) is 4.62. The summed E-state index contributed by atoms with van der Waals surface area (Å²) in [6, 6.07) is 1.03. The zero-order chi connectivity index (χ0) is 12.0. The summed E-state index contributed by atoms with van der Waals surface area (Å²) < 4.78 is 0. The maximum atomic E-state index is 6.01. The summed E-state index contributed by atoms with van der Waals surface area (Å²) in [7, 11) is 0. The molecule has 94 valence electrons. The van der Waals surface area contributed by atoms with E-state index >= 15 is 0 Å². The van der Waals surface area contributed by atoms with E-state index in [0.717, 1.165) is 37.4 Å². The second kappa shape index (κ2) is 7.54. The fraction of sp³-hybridized carbons (Fsp3) is 0.833. The average Bonchev–Trinajstić information content (AvgIpc) is 2.29. The molecule has 1 aliphatic carbocycles. The zero-order valence-corrected chi connectivity index (χ0v) is 11.5. The molecule has 1 rings (SSSR count). The average molecular weight is 265 g/mol. The molecular weight excluding hydrogens is 243 g/mol. The van der Waals surface area contributed by atoms with E-state index in [1.165, 1.54) is 18.4 Å². The van der Waals surface area contributed by atoms with Crippen LogP contribution in [0.15, 0.2) is 10.6 Å². The molecule has 0 aliphatic heterocycles. The smallest absolute Gasteiger partial charge is 0.0434 e. The topological polar surface area (TPSA) is 29.3 Å². The van der Waals surface area contributed by atoms with Gasteiger partial charge in [-0.1, -0.05) is 30.1 Å². The Bertz CT molecular complexity index is 223. The van der Waals surface area contributed by atoms with E-state index in [1.807, 2.05) is 0 Å². The third-order valence-corrected chi connectivity index (χ3v) is 3.84. The Labute approximate surface area is 109 Å². The largest absolute Gasteiger partial charge is 0.328 e. The number of hydrogen-bond acceptors (Lipinski definition) is 2. The van der Waals surface area contributed by atoms with Crippen LogP contribution in [0.1, 0.15) is 39.0 Å². The molecule has 0 aromatic heterocycles. The van der Waals surface area contributed by atoms with Crippen molar-refractivity contribution in [3.63, 3.8) is 0 Å². The van der Waals surface area contributed by atoms with Gasteiger partial charge in [0.15, 0.2) is 0 Å². The lowest BCUT2D eigenvalue weighted by molar-refractivity contribution is 0.164. The molecule has 1 saturated carbocycles. The van der Waals surface area contributed by atoms with E-state index in [-0.39, 0.29) is 0 Å². The van der Waals surface area contributed by atoms with E-state index in [4.69, 9.17) is 28.9 Å². The molecule has 0 bridgehead atoms. The van der Waals surface area contributed by atoms with E-state index in [9.17, 15) is 0 Å². The van der Waals surface area contributed by atoms with Gasteiger partial charge in [-0.15, -0.1) is 0 Å². The molecule has 4 heteroatoms. The van der Waals surface area contributed by atoms with Gasteiger partial charge in [0.2, 0.25) is 0 Å². The predicted molar refractivity (Wildman–Crippen MR) is 71.9 cm³/mol. The van der Waals surface area contributed by atoms with Crippen molar-refractivity contribution in [2.45, 2.75) is 51.1 Å². The number of rotatable bonds is 5. The minimum Gasteiger partial charge on any atom is -0.328 e. The molecule has 0 amide bonds. The van der Waals surface area contributed by atoms with Crippen molar-refractivity contribution in [1.29, 1.82) is 0 Å². The van der Waals surface area contributed by atoms with Gasteiger partial charge in [-0.2, -0.15) is 0 Å². The van der Waals surface area contributed by atoms with Gasteiger partial charge >= 0.3 is 0 Å². The Morgan fingerprint density at radius 2 is 2.00 bits per heavy atom. The van der Waals surface area contributed by atoms with Gasteiger partial charge in [0, 0.05) is 29.2 Å². The van der Waals surface area contributed by atoms with Gasteiger partial charge in [0.25, 0.3) is 0 Å². The van der Waals surface area contributed by atoms with Crippen LogP contribution in [-0.2, 0) is 0 Å². The number of nitrogens with zero attached hydrogens (tertiary/aromatic N) is 1. The molecule has 2 N–H and O–H groups in total. The lowest BCUT2D eigenvalue weighted by Gasteiger charge is -2.35. The molecule has 16 heavy (non-hydrogen) atoms. The van der Waals surface area contributed by atoms with Crippen LogP contribution in [0, 0.1) is 0 Å². The quantitative estimate of drug-likeness (QED) is 0.826. The molecule has 1 aliphatic rings. The first kappa shape index (κ1) is 14.3. The Morgan fingerprint density at radius 1 is 1.38 bits per heavy atom. The highest BCUT2D eigenvalue weighted by molar-refractivity contribution is 6.36. The second-order valence-corrected chi connectivity index (χ2v) is 5.30. The molecule has 0 spiro atoms. The fourth-order valence-corrected chi connectivity index (χ4v) is 2.60. The minimum absolute atomic E-state index is 0.402. The Hall–Kier alpha value is 0.240. The van der Waals surface area contributed by atoms with Gasteiger partial charge in [-0.05, 0) is 38.6 Å². The third-order valence-electron chi connectivity index (χ3n) is 3.24. The van der Waals surface area contributed by atoms with E-state index in [2.05, 4.69) is 11.8 Å². The molecule has 0 atom stereocenters. The highest BCUT2D eigenvalue weighted by atomic mass is 35.5. The molecule has 0 unspecified atom stereocenters. The monoisotopic (exact) mass is 264 g/mol. The van der Waals surface area contributed by atoms with Crippen molar-refractivity contribution in [2.75, 3.05) is 13.1 Å². The maximum absolute atomic E-state index is 6.01. The van der Waals surface area contributed by atoms with Crippen LogP contribution >= 0.6 is 23.2 Å². The lowest BCUT2D eigenvalue weighted by atomic mass is 9.90. The maximum Gasteiger partial charge on any atom is 0.0434 e. The molecule has 1 fully saturated rings.